The van der Waals surface area contributed by atoms with Crippen molar-refractivity contribution in [3.8, 4) is 11.5 Å². The first-order valence-corrected chi connectivity index (χ1v) is 12.6. The summed E-state index contributed by atoms with van der Waals surface area (Å²) in [6, 6.07) is 19.2. The van der Waals surface area contributed by atoms with E-state index < -0.39 is 5.91 Å². The van der Waals surface area contributed by atoms with Gasteiger partial charge in [0.25, 0.3) is 0 Å². The van der Waals surface area contributed by atoms with Crippen molar-refractivity contribution in [2.75, 3.05) is 7.11 Å². The quantitative estimate of drug-likeness (QED) is 0.0933. The molecule has 8 heteroatoms. The maximum atomic E-state index is 12.6. The lowest BCUT2D eigenvalue weighted by Gasteiger charge is -2.15. The lowest BCUT2D eigenvalue weighted by Crippen LogP contribution is -2.16. The fourth-order valence-electron chi connectivity index (χ4n) is 3.52. The number of benzene rings is 3. The highest BCUT2D eigenvalue weighted by Crippen LogP contribution is 2.34. The normalized spacial score (nSPS) is 11.1. The van der Waals surface area contributed by atoms with Crippen LogP contribution in [0, 0.1) is 3.57 Å². The van der Waals surface area contributed by atoms with Crippen LogP contribution in [0.1, 0.15) is 27.2 Å². The molecule has 1 N–H and O–H groups in total. The van der Waals surface area contributed by atoms with E-state index in [4.69, 9.17) is 13.9 Å². The van der Waals surface area contributed by atoms with Crippen molar-refractivity contribution >= 4 is 61.6 Å². The van der Waals surface area contributed by atoms with Crippen LogP contribution in [0.4, 0.5) is 0 Å². The van der Waals surface area contributed by atoms with Crippen LogP contribution in [-0.2, 0) is 13.0 Å². The maximum absolute atomic E-state index is 12.6. The molecule has 0 saturated heterocycles. The number of ether oxygens (including phenoxy) is 2. The van der Waals surface area contributed by atoms with Gasteiger partial charge in [-0.05, 0) is 70.5 Å². The Bertz CT molecular complexity index is 1400. The van der Waals surface area contributed by atoms with Crippen LogP contribution < -0.4 is 14.9 Å². The van der Waals surface area contributed by atoms with Gasteiger partial charge < -0.3 is 13.9 Å². The standard InChI is InChI=1S/C27H22BrIN2O4/c1-3-7-19-10-18(11-23(33-2)26(19)34-16-17-8-5-4-6-9-17)15-30-31-27(32)24-13-20-12-21(28)14-22(29)25(20)35-24/h3-6,8-15H,1,7,16H2,2H3,(H,31,32)/b30-15-. The number of rotatable bonds is 9. The summed E-state index contributed by atoms with van der Waals surface area (Å²) in [6.07, 6.45) is 3.94. The Morgan fingerprint density at radius 3 is 2.74 bits per heavy atom. The molecule has 3 aromatic carbocycles. The molecule has 0 bridgehead atoms. The number of carbonyl (C=O) groups excluding carboxylic acids is 1. The number of methoxy groups -OCH3 is 1. The minimum absolute atomic E-state index is 0.183. The topological polar surface area (TPSA) is 73.1 Å². The molecule has 0 aliphatic rings. The van der Waals surface area contributed by atoms with Gasteiger partial charge in [-0.1, -0.05) is 52.3 Å². The highest BCUT2D eigenvalue weighted by Gasteiger charge is 2.15. The minimum Gasteiger partial charge on any atom is -0.493 e. The first-order chi connectivity index (χ1) is 17.0. The summed E-state index contributed by atoms with van der Waals surface area (Å²) < 4.78 is 19.2. The Morgan fingerprint density at radius 2 is 2.00 bits per heavy atom. The third-order valence-electron chi connectivity index (χ3n) is 5.10. The van der Waals surface area contributed by atoms with Crippen LogP contribution in [0.3, 0.4) is 0 Å². The van der Waals surface area contributed by atoms with Gasteiger partial charge in [0.15, 0.2) is 17.3 Å². The number of allylic oxidation sites excluding steroid dienone is 1. The van der Waals surface area contributed by atoms with Crippen LogP contribution in [0.2, 0.25) is 0 Å². The zero-order valence-corrected chi connectivity index (χ0v) is 22.6. The summed E-state index contributed by atoms with van der Waals surface area (Å²) in [7, 11) is 1.59. The summed E-state index contributed by atoms with van der Waals surface area (Å²) >= 11 is 5.63. The highest BCUT2D eigenvalue weighted by molar-refractivity contribution is 14.1. The fourth-order valence-corrected chi connectivity index (χ4v) is 5.18. The summed E-state index contributed by atoms with van der Waals surface area (Å²) in [5, 5.41) is 4.95. The molecule has 1 heterocycles. The smallest absolute Gasteiger partial charge is 0.307 e. The molecule has 1 aromatic heterocycles. The van der Waals surface area contributed by atoms with E-state index >= 15 is 0 Å². The van der Waals surface area contributed by atoms with Gasteiger partial charge in [-0.25, -0.2) is 5.43 Å². The molecule has 0 unspecified atom stereocenters. The van der Waals surface area contributed by atoms with Crippen molar-refractivity contribution in [3.63, 3.8) is 0 Å². The fraction of sp³-hybridized carbons (Fsp3) is 0.111. The first kappa shape index (κ1) is 25.0. The van der Waals surface area contributed by atoms with Crippen LogP contribution >= 0.6 is 38.5 Å². The van der Waals surface area contributed by atoms with Gasteiger partial charge in [0.05, 0.1) is 16.9 Å². The van der Waals surface area contributed by atoms with Gasteiger partial charge >= 0.3 is 5.91 Å². The Labute approximate surface area is 225 Å². The molecular formula is C27H22BrIN2O4. The molecule has 4 aromatic rings. The van der Waals surface area contributed by atoms with Crippen molar-refractivity contribution in [2.24, 2.45) is 5.10 Å². The molecule has 0 saturated carbocycles. The average molecular weight is 645 g/mol. The number of amides is 1. The molecule has 0 atom stereocenters. The third-order valence-corrected chi connectivity index (χ3v) is 6.36. The van der Waals surface area contributed by atoms with Gasteiger partial charge in [0.2, 0.25) is 0 Å². The number of halogens is 2. The largest absolute Gasteiger partial charge is 0.493 e. The zero-order valence-electron chi connectivity index (χ0n) is 18.9. The summed E-state index contributed by atoms with van der Waals surface area (Å²) in [5.41, 5.74) is 5.89. The van der Waals surface area contributed by atoms with E-state index in [9.17, 15) is 4.79 Å². The molecule has 0 aliphatic carbocycles. The number of carbonyl (C=O) groups is 1. The zero-order chi connectivity index (χ0) is 24.8. The molecule has 4 rings (SSSR count). The summed E-state index contributed by atoms with van der Waals surface area (Å²) in [4.78, 5) is 12.6. The second-order valence-electron chi connectivity index (χ2n) is 7.59. The number of fused-ring (bicyclic) bond motifs is 1. The Kier molecular flexibility index (Phi) is 8.25. The average Bonchev–Trinajstić information content (AvgIpc) is 3.28. The number of furan rings is 1. The van der Waals surface area contributed by atoms with Crippen molar-refractivity contribution in [2.45, 2.75) is 13.0 Å². The number of nitrogens with one attached hydrogen (secondary N) is 1. The molecule has 6 nitrogen and oxygen atoms in total. The van der Waals surface area contributed by atoms with E-state index in [0.29, 0.717) is 30.1 Å². The van der Waals surface area contributed by atoms with Crippen molar-refractivity contribution in [1.82, 2.24) is 5.43 Å². The molecule has 35 heavy (non-hydrogen) atoms. The van der Waals surface area contributed by atoms with Crippen molar-refractivity contribution < 1.29 is 18.7 Å². The minimum atomic E-state index is -0.439. The highest BCUT2D eigenvalue weighted by atomic mass is 127. The van der Waals surface area contributed by atoms with Crippen LogP contribution in [-0.4, -0.2) is 19.2 Å². The molecule has 0 spiro atoms. The predicted molar refractivity (Wildman–Crippen MR) is 149 cm³/mol. The van der Waals surface area contributed by atoms with E-state index in [2.05, 4.69) is 55.6 Å². The van der Waals surface area contributed by atoms with E-state index in [1.165, 1.54) is 0 Å². The molecular weight excluding hydrogens is 623 g/mol. The Morgan fingerprint density at radius 1 is 1.20 bits per heavy atom. The third kappa shape index (κ3) is 6.12. The van der Waals surface area contributed by atoms with E-state index in [1.54, 1.807) is 25.5 Å². The second kappa shape index (κ2) is 11.5. The number of hydrogen-bond acceptors (Lipinski definition) is 5. The molecule has 0 radical (unpaired) electrons. The van der Waals surface area contributed by atoms with E-state index in [1.807, 2.05) is 54.6 Å². The van der Waals surface area contributed by atoms with Crippen molar-refractivity contribution in [3.05, 3.63) is 104 Å². The summed E-state index contributed by atoms with van der Waals surface area (Å²) in [5.74, 6) is 0.971. The molecule has 178 valence electrons. The number of nitrogens with zero attached hydrogens (tertiary/aromatic N) is 1. The maximum Gasteiger partial charge on any atom is 0.307 e. The van der Waals surface area contributed by atoms with Crippen LogP contribution in [0.15, 0.2) is 87.3 Å². The second-order valence-corrected chi connectivity index (χ2v) is 9.67. The predicted octanol–water partition coefficient (Wildman–Crippen LogP) is 6.88. The van der Waals surface area contributed by atoms with Gasteiger partial charge in [0.1, 0.15) is 12.2 Å². The SMILES string of the molecule is C=CCc1cc(/C=N\NC(=O)c2cc3cc(Br)cc(I)c3o2)cc(OC)c1OCc1ccccc1. The summed E-state index contributed by atoms with van der Waals surface area (Å²) in [6.45, 7) is 4.26. The Balaban J connectivity index is 1.51. The number of hydrazone groups is 1. The Hall–Kier alpha value is -3.11. The lowest BCUT2D eigenvalue weighted by atomic mass is 10.1. The van der Waals surface area contributed by atoms with Gasteiger partial charge in [-0.15, -0.1) is 6.58 Å². The van der Waals surface area contributed by atoms with Crippen molar-refractivity contribution in [1.29, 1.82) is 0 Å². The van der Waals surface area contributed by atoms with Gasteiger partial charge in [0, 0.05) is 15.4 Å². The first-order valence-electron chi connectivity index (χ1n) is 10.7. The molecule has 0 fully saturated rings. The van der Waals surface area contributed by atoms with E-state index in [0.717, 1.165) is 30.1 Å². The van der Waals surface area contributed by atoms with Gasteiger partial charge in [-0.3, -0.25) is 4.79 Å². The van der Waals surface area contributed by atoms with Crippen LogP contribution in [0.5, 0.6) is 11.5 Å². The molecule has 0 aliphatic heterocycles. The van der Waals surface area contributed by atoms with Gasteiger partial charge in [-0.2, -0.15) is 5.10 Å². The van der Waals surface area contributed by atoms with E-state index in [-0.39, 0.29) is 5.76 Å². The lowest BCUT2D eigenvalue weighted by molar-refractivity contribution is 0.0929. The monoisotopic (exact) mass is 644 g/mol. The van der Waals surface area contributed by atoms with Crippen LogP contribution in [0.25, 0.3) is 11.0 Å². The number of hydrogen-bond donors (Lipinski definition) is 1. The molecule has 1 amide bonds.